The van der Waals surface area contributed by atoms with Gasteiger partial charge in [0.2, 0.25) is 0 Å². The van der Waals surface area contributed by atoms with Crippen LogP contribution >= 0.6 is 0 Å². The van der Waals surface area contributed by atoms with E-state index >= 15 is 0 Å². The molecule has 19 heavy (non-hydrogen) atoms. The third-order valence-electron chi connectivity index (χ3n) is 2.81. The summed E-state index contributed by atoms with van der Waals surface area (Å²) in [7, 11) is 0. The van der Waals surface area contributed by atoms with Crippen LogP contribution in [0.2, 0.25) is 0 Å². The molecule has 0 radical (unpaired) electrons. The molecule has 2 rings (SSSR count). The molecule has 1 aliphatic rings. The van der Waals surface area contributed by atoms with Crippen molar-refractivity contribution < 1.29 is 22.3 Å². The van der Waals surface area contributed by atoms with Gasteiger partial charge in [0.25, 0.3) is 0 Å². The van der Waals surface area contributed by atoms with E-state index in [9.17, 15) is 17.6 Å². The Morgan fingerprint density at radius 3 is 2.68 bits per heavy atom. The Hall–Kier alpha value is -1.81. The number of nitrogens with zero attached hydrogens (tertiary/aromatic N) is 2. The van der Waals surface area contributed by atoms with Crippen LogP contribution < -0.4 is 4.90 Å². The van der Waals surface area contributed by atoms with E-state index in [1.54, 1.807) is 6.07 Å². The fourth-order valence-electron chi connectivity index (χ4n) is 1.90. The van der Waals surface area contributed by atoms with Crippen LogP contribution in [0.3, 0.4) is 0 Å². The van der Waals surface area contributed by atoms with Gasteiger partial charge >= 0.3 is 6.18 Å². The van der Waals surface area contributed by atoms with Crippen LogP contribution in [0, 0.1) is 17.1 Å². The Labute approximate surface area is 107 Å². The molecule has 102 valence electrons. The third-order valence-corrected chi connectivity index (χ3v) is 2.81. The maximum atomic E-state index is 13.3. The summed E-state index contributed by atoms with van der Waals surface area (Å²) < 4.78 is 55.7. The number of benzene rings is 1. The van der Waals surface area contributed by atoms with E-state index in [4.69, 9.17) is 5.26 Å². The summed E-state index contributed by atoms with van der Waals surface area (Å²) in [6.07, 6.45) is -6.35. The minimum Gasteiger partial charge on any atom is -0.366 e. The van der Waals surface area contributed by atoms with Crippen molar-refractivity contribution >= 4 is 5.69 Å². The van der Waals surface area contributed by atoms with Crippen LogP contribution in [-0.4, -0.2) is 32.0 Å². The van der Waals surface area contributed by atoms with Gasteiger partial charge in [0.1, 0.15) is 5.82 Å². The Balaban J connectivity index is 2.22. The summed E-state index contributed by atoms with van der Waals surface area (Å²) in [6, 6.07) is 5.28. The van der Waals surface area contributed by atoms with Crippen molar-refractivity contribution in [1.82, 2.24) is 0 Å². The summed E-state index contributed by atoms with van der Waals surface area (Å²) >= 11 is 0. The lowest BCUT2D eigenvalue weighted by Crippen LogP contribution is -2.49. The van der Waals surface area contributed by atoms with Crippen molar-refractivity contribution in [2.75, 3.05) is 24.6 Å². The number of halogens is 4. The summed E-state index contributed by atoms with van der Waals surface area (Å²) in [5, 5.41) is 8.73. The molecule has 0 saturated carbocycles. The Morgan fingerprint density at radius 1 is 1.32 bits per heavy atom. The maximum absolute atomic E-state index is 13.3. The monoisotopic (exact) mass is 274 g/mol. The summed E-state index contributed by atoms with van der Waals surface area (Å²) in [6.45, 7) is -0.276. The van der Waals surface area contributed by atoms with E-state index in [0.29, 0.717) is 0 Å². The smallest absolute Gasteiger partial charge is 0.366 e. The van der Waals surface area contributed by atoms with Crippen LogP contribution in [-0.2, 0) is 4.74 Å². The number of hydrogen-bond donors (Lipinski definition) is 0. The van der Waals surface area contributed by atoms with E-state index in [2.05, 4.69) is 4.74 Å². The molecule has 1 aromatic rings. The number of nitriles is 1. The molecule has 3 nitrogen and oxygen atoms in total. The van der Waals surface area contributed by atoms with E-state index < -0.39 is 24.6 Å². The fourth-order valence-corrected chi connectivity index (χ4v) is 1.90. The molecule has 1 saturated heterocycles. The molecular formula is C12H10F4N2O. The summed E-state index contributed by atoms with van der Waals surface area (Å²) in [4.78, 5) is 1.37. The second-order valence-electron chi connectivity index (χ2n) is 4.16. The van der Waals surface area contributed by atoms with Gasteiger partial charge in [-0.25, -0.2) is 4.39 Å². The predicted molar refractivity (Wildman–Crippen MR) is 59.1 cm³/mol. The number of ether oxygens (including phenoxy) is 1. The first-order valence-electron chi connectivity index (χ1n) is 5.54. The SMILES string of the molecule is N#Cc1cc(F)cc(N2CCOC(C(F)(F)F)C2)c1. The van der Waals surface area contributed by atoms with E-state index in [-0.39, 0.29) is 24.4 Å². The Morgan fingerprint density at radius 2 is 2.05 bits per heavy atom. The van der Waals surface area contributed by atoms with Gasteiger partial charge in [-0.3, -0.25) is 0 Å². The second kappa shape index (κ2) is 5.05. The molecular weight excluding hydrogens is 264 g/mol. The van der Waals surface area contributed by atoms with Crippen LogP contribution in [0.5, 0.6) is 0 Å². The van der Waals surface area contributed by atoms with Crippen LogP contribution in [0.15, 0.2) is 18.2 Å². The third kappa shape index (κ3) is 3.15. The highest BCUT2D eigenvalue weighted by Gasteiger charge is 2.43. The van der Waals surface area contributed by atoms with Crippen molar-refractivity contribution in [1.29, 1.82) is 5.26 Å². The molecule has 0 aliphatic carbocycles. The van der Waals surface area contributed by atoms with E-state index in [1.165, 1.54) is 11.0 Å². The van der Waals surface area contributed by atoms with Crippen molar-refractivity contribution in [3.05, 3.63) is 29.6 Å². The average molecular weight is 274 g/mol. The van der Waals surface area contributed by atoms with Crippen LogP contribution in [0.4, 0.5) is 23.2 Å². The maximum Gasteiger partial charge on any atom is 0.416 e. The predicted octanol–water partition coefficient (Wildman–Crippen LogP) is 2.46. The van der Waals surface area contributed by atoms with Gasteiger partial charge in [0, 0.05) is 12.2 Å². The van der Waals surface area contributed by atoms with Crippen molar-refractivity contribution in [2.45, 2.75) is 12.3 Å². The molecule has 1 atom stereocenters. The molecule has 1 aliphatic heterocycles. The topological polar surface area (TPSA) is 36.3 Å². The van der Waals surface area contributed by atoms with Gasteiger partial charge < -0.3 is 9.64 Å². The van der Waals surface area contributed by atoms with Crippen molar-refractivity contribution in [3.8, 4) is 6.07 Å². The first-order valence-corrected chi connectivity index (χ1v) is 5.54. The number of morpholine rings is 1. The summed E-state index contributed by atoms with van der Waals surface area (Å²) in [5.74, 6) is -0.649. The van der Waals surface area contributed by atoms with Crippen molar-refractivity contribution in [2.24, 2.45) is 0 Å². The molecule has 1 unspecified atom stereocenters. The lowest BCUT2D eigenvalue weighted by molar-refractivity contribution is -0.221. The minimum absolute atomic E-state index is 0.0741. The normalized spacial score (nSPS) is 20.2. The molecule has 1 aromatic carbocycles. The molecule has 0 aromatic heterocycles. The molecule has 1 heterocycles. The van der Waals surface area contributed by atoms with Gasteiger partial charge in [-0.05, 0) is 18.2 Å². The largest absolute Gasteiger partial charge is 0.416 e. The number of anilines is 1. The van der Waals surface area contributed by atoms with Crippen LogP contribution in [0.25, 0.3) is 0 Å². The Kier molecular flexibility index (Phi) is 3.62. The molecule has 0 N–H and O–H groups in total. The number of hydrogen-bond acceptors (Lipinski definition) is 3. The quantitative estimate of drug-likeness (QED) is 0.738. The highest BCUT2D eigenvalue weighted by Crippen LogP contribution is 2.28. The lowest BCUT2D eigenvalue weighted by Gasteiger charge is -2.35. The zero-order valence-corrected chi connectivity index (χ0v) is 9.75. The highest BCUT2D eigenvalue weighted by atomic mass is 19.4. The first kappa shape index (κ1) is 13.6. The standard InChI is InChI=1S/C12H10F4N2O/c13-9-3-8(6-17)4-10(5-9)18-1-2-19-11(7-18)12(14,15)16/h3-5,11H,1-2,7H2. The molecule has 0 bridgehead atoms. The first-order chi connectivity index (χ1) is 8.90. The lowest BCUT2D eigenvalue weighted by atomic mass is 10.1. The number of alkyl halides is 3. The molecule has 1 fully saturated rings. The van der Waals surface area contributed by atoms with Crippen molar-refractivity contribution in [3.63, 3.8) is 0 Å². The van der Waals surface area contributed by atoms with Gasteiger partial charge in [-0.15, -0.1) is 0 Å². The Bertz CT molecular complexity index is 509. The van der Waals surface area contributed by atoms with Gasteiger partial charge in [0.05, 0.1) is 24.8 Å². The molecule has 7 heteroatoms. The zero-order chi connectivity index (χ0) is 14.0. The summed E-state index contributed by atoms with van der Waals surface area (Å²) in [5.41, 5.74) is 0.333. The minimum atomic E-state index is -4.45. The van der Waals surface area contributed by atoms with E-state index in [0.717, 1.165) is 12.1 Å². The molecule has 0 amide bonds. The van der Waals surface area contributed by atoms with Crippen LogP contribution in [0.1, 0.15) is 5.56 Å². The van der Waals surface area contributed by atoms with Gasteiger partial charge in [0.15, 0.2) is 6.10 Å². The van der Waals surface area contributed by atoms with E-state index in [1.807, 2.05) is 0 Å². The fraction of sp³-hybridized carbons (Fsp3) is 0.417. The average Bonchev–Trinajstić information content (AvgIpc) is 2.37. The highest BCUT2D eigenvalue weighted by molar-refractivity contribution is 5.52. The second-order valence-corrected chi connectivity index (χ2v) is 4.16. The zero-order valence-electron chi connectivity index (χ0n) is 9.75. The molecule has 0 spiro atoms. The number of rotatable bonds is 1. The van der Waals surface area contributed by atoms with Gasteiger partial charge in [-0.2, -0.15) is 18.4 Å². The van der Waals surface area contributed by atoms with Gasteiger partial charge in [-0.1, -0.05) is 0 Å².